The van der Waals surface area contributed by atoms with Gasteiger partial charge in [-0.05, 0) is 56.5 Å². The van der Waals surface area contributed by atoms with E-state index in [1.807, 2.05) is 0 Å². The van der Waals surface area contributed by atoms with E-state index < -0.39 is 42.1 Å². The summed E-state index contributed by atoms with van der Waals surface area (Å²) in [5.41, 5.74) is 0.207. The average Bonchev–Trinajstić information content (AvgIpc) is 2.72. The van der Waals surface area contributed by atoms with Crippen LogP contribution in [-0.4, -0.2) is 34.2 Å². The standard InChI is InChI=1S/C22H26F3N3O4/c1-5-15-11-16(22(23,24)25)7-8-17(15)14(4)28-21(30)32-18(20(29)31-13(2)3)12-19-26-9-6-10-27-19/h6-11,13-14,18H,5,12H2,1-4H3,(H,28,30). The lowest BCUT2D eigenvalue weighted by atomic mass is 9.97. The van der Waals surface area contributed by atoms with Crippen LogP contribution in [0.4, 0.5) is 18.0 Å². The first-order chi connectivity index (χ1) is 15.0. The molecule has 0 saturated heterocycles. The number of rotatable bonds is 8. The summed E-state index contributed by atoms with van der Waals surface area (Å²) in [6.07, 6.45) is -3.85. The van der Waals surface area contributed by atoms with Crippen LogP contribution in [0, 0.1) is 0 Å². The Labute approximate surface area is 184 Å². The lowest BCUT2D eigenvalue weighted by Crippen LogP contribution is -2.38. The number of aromatic nitrogens is 2. The van der Waals surface area contributed by atoms with E-state index in [0.717, 1.165) is 12.1 Å². The van der Waals surface area contributed by atoms with Gasteiger partial charge in [-0.3, -0.25) is 0 Å². The third-order valence-electron chi connectivity index (χ3n) is 4.50. The molecule has 1 aromatic carbocycles. The molecule has 0 fully saturated rings. The van der Waals surface area contributed by atoms with Gasteiger partial charge in [-0.25, -0.2) is 19.6 Å². The maximum atomic E-state index is 13.0. The molecule has 0 aliphatic heterocycles. The Morgan fingerprint density at radius 1 is 1.09 bits per heavy atom. The molecule has 1 aromatic heterocycles. The first kappa shape index (κ1) is 25.1. The summed E-state index contributed by atoms with van der Waals surface area (Å²) in [6.45, 7) is 6.66. The molecule has 1 amide bonds. The molecule has 0 spiro atoms. The average molecular weight is 453 g/mol. The summed E-state index contributed by atoms with van der Waals surface area (Å²) < 4.78 is 49.4. The largest absolute Gasteiger partial charge is 0.460 e. The van der Waals surface area contributed by atoms with Crippen LogP contribution in [0.5, 0.6) is 0 Å². The topological polar surface area (TPSA) is 90.4 Å². The number of benzene rings is 1. The predicted octanol–water partition coefficient (Wildman–Crippen LogP) is 4.41. The number of nitrogens with one attached hydrogen (secondary N) is 1. The Hall–Kier alpha value is -3.17. The van der Waals surface area contributed by atoms with Gasteiger partial charge in [0.05, 0.1) is 24.1 Å². The third kappa shape index (κ3) is 7.21. The molecule has 0 saturated carbocycles. The van der Waals surface area contributed by atoms with Gasteiger partial charge < -0.3 is 14.8 Å². The first-order valence-electron chi connectivity index (χ1n) is 10.1. The molecule has 0 bridgehead atoms. The Morgan fingerprint density at radius 3 is 2.31 bits per heavy atom. The molecule has 2 atom stereocenters. The lowest BCUT2D eigenvalue weighted by molar-refractivity contribution is -0.157. The van der Waals surface area contributed by atoms with Crippen molar-refractivity contribution in [1.29, 1.82) is 0 Å². The molecule has 2 unspecified atom stereocenters. The maximum Gasteiger partial charge on any atom is 0.416 e. The number of amides is 1. The monoisotopic (exact) mass is 453 g/mol. The van der Waals surface area contributed by atoms with Gasteiger partial charge in [0.1, 0.15) is 5.82 Å². The van der Waals surface area contributed by atoms with Crippen LogP contribution in [0.2, 0.25) is 0 Å². The van der Waals surface area contributed by atoms with E-state index >= 15 is 0 Å². The molecule has 1 N–H and O–H groups in total. The van der Waals surface area contributed by atoms with Crippen molar-refractivity contribution in [2.45, 2.75) is 65.0 Å². The van der Waals surface area contributed by atoms with E-state index in [4.69, 9.17) is 9.47 Å². The number of ether oxygens (including phenoxy) is 2. The second-order valence-corrected chi connectivity index (χ2v) is 7.38. The first-order valence-corrected chi connectivity index (χ1v) is 10.1. The number of hydrogen-bond donors (Lipinski definition) is 1. The number of halogens is 3. The minimum absolute atomic E-state index is 0.0886. The van der Waals surface area contributed by atoms with Crippen LogP contribution in [0.15, 0.2) is 36.7 Å². The zero-order valence-corrected chi connectivity index (χ0v) is 18.3. The highest BCUT2D eigenvalue weighted by Crippen LogP contribution is 2.32. The van der Waals surface area contributed by atoms with Crippen LogP contribution in [0.25, 0.3) is 0 Å². The molecule has 174 valence electrons. The number of esters is 1. The molecular weight excluding hydrogens is 427 g/mol. The Bertz CT molecular complexity index is 920. The maximum absolute atomic E-state index is 13.0. The van der Waals surface area contributed by atoms with Gasteiger partial charge in [-0.15, -0.1) is 0 Å². The van der Waals surface area contributed by atoms with Gasteiger partial charge in [-0.2, -0.15) is 13.2 Å². The second-order valence-electron chi connectivity index (χ2n) is 7.38. The van der Waals surface area contributed by atoms with Crippen LogP contribution in [0.3, 0.4) is 0 Å². The van der Waals surface area contributed by atoms with Crippen LogP contribution < -0.4 is 5.32 Å². The SMILES string of the molecule is CCc1cc(C(F)(F)F)ccc1C(C)NC(=O)OC(Cc1ncccn1)C(=O)OC(C)C. The van der Waals surface area contributed by atoms with E-state index in [2.05, 4.69) is 15.3 Å². The van der Waals surface area contributed by atoms with E-state index in [9.17, 15) is 22.8 Å². The molecule has 0 radical (unpaired) electrons. The second kappa shape index (κ2) is 10.9. The van der Waals surface area contributed by atoms with Gasteiger partial charge in [0.2, 0.25) is 6.10 Å². The zero-order valence-electron chi connectivity index (χ0n) is 18.3. The summed E-state index contributed by atoms with van der Waals surface area (Å²) >= 11 is 0. The normalized spacial score (nSPS) is 13.4. The highest BCUT2D eigenvalue weighted by atomic mass is 19.4. The Kier molecular flexibility index (Phi) is 8.56. The van der Waals surface area contributed by atoms with E-state index in [-0.39, 0.29) is 12.2 Å². The number of nitrogens with zero attached hydrogens (tertiary/aromatic N) is 2. The van der Waals surface area contributed by atoms with Crippen LogP contribution >= 0.6 is 0 Å². The Balaban J connectivity index is 2.13. The summed E-state index contributed by atoms with van der Waals surface area (Å²) in [6, 6.07) is 4.31. The number of aryl methyl sites for hydroxylation is 1. The molecule has 0 aliphatic carbocycles. The molecule has 10 heteroatoms. The molecule has 1 heterocycles. The predicted molar refractivity (Wildman–Crippen MR) is 110 cm³/mol. The number of carbonyl (C=O) groups is 2. The zero-order chi connectivity index (χ0) is 23.9. The van der Waals surface area contributed by atoms with Gasteiger partial charge >= 0.3 is 18.2 Å². The molecule has 2 rings (SSSR count). The van der Waals surface area contributed by atoms with Crippen molar-refractivity contribution in [2.75, 3.05) is 0 Å². The molecule has 7 nitrogen and oxygen atoms in total. The van der Waals surface area contributed by atoms with Crippen molar-refractivity contribution >= 4 is 12.1 Å². The minimum Gasteiger partial charge on any atom is -0.460 e. The van der Waals surface area contributed by atoms with Crippen molar-refractivity contribution in [3.63, 3.8) is 0 Å². The minimum atomic E-state index is -4.46. The Morgan fingerprint density at radius 2 is 1.75 bits per heavy atom. The number of alkyl halides is 3. The molecular formula is C22H26F3N3O4. The molecule has 32 heavy (non-hydrogen) atoms. The fourth-order valence-corrected chi connectivity index (χ4v) is 3.01. The van der Waals surface area contributed by atoms with E-state index in [0.29, 0.717) is 17.5 Å². The van der Waals surface area contributed by atoms with Crippen LogP contribution in [0.1, 0.15) is 56.3 Å². The van der Waals surface area contributed by atoms with E-state index in [1.165, 1.54) is 18.5 Å². The van der Waals surface area contributed by atoms with Crippen molar-refractivity contribution in [3.8, 4) is 0 Å². The highest BCUT2D eigenvalue weighted by molar-refractivity contribution is 5.79. The third-order valence-corrected chi connectivity index (χ3v) is 4.50. The fourth-order valence-electron chi connectivity index (χ4n) is 3.01. The van der Waals surface area contributed by atoms with Gasteiger partial charge in [-0.1, -0.05) is 13.0 Å². The molecule has 0 aliphatic rings. The van der Waals surface area contributed by atoms with Gasteiger partial charge in [0.25, 0.3) is 0 Å². The highest BCUT2D eigenvalue weighted by Gasteiger charge is 2.32. The lowest BCUT2D eigenvalue weighted by Gasteiger charge is -2.22. The fraction of sp³-hybridized carbons (Fsp3) is 0.455. The summed E-state index contributed by atoms with van der Waals surface area (Å²) in [5, 5.41) is 2.56. The summed E-state index contributed by atoms with van der Waals surface area (Å²) in [7, 11) is 0. The number of carbonyl (C=O) groups excluding carboxylic acids is 2. The summed E-state index contributed by atoms with van der Waals surface area (Å²) in [4.78, 5) is 32.9. The number of hydrogen-bond acceptors (Lipinski definition) is 6. The molecule has 2 aromatic rings. The van der Waals surface area contributed by atoms with Crippen LogP contribution in [-0.2, 0) is 33.3 Å². The van der Waals surface area contributed by atoms with Gasteiger partial charge in [0, 0.05) is 12.4 Å². The summed E-state index contributed by atoms with van der Waals surface area (Å²) in [5.74, 6) is -0.464. The van der Waals surface area contributed by atoms with Crippen molar-refractivity contribution in [2.24, 2.45) is 0 Å². The number of alkyl carbamates (subject to hydrolysis) is 1. The quantitative estimate of drug-likeness (QED) is 0.596. The van der Waals surface area contributed by atoms with Gasteiger partial charge in [0.15, 0.2) is 0 Å². The van der Waals surface area contributed by atoms with Crippen molar-refractivity contribution in [3.05, 3.63) is 59.2 Å². The smallest absolute Gasteiger partial charge is 0.416 e. The van der Waals surface area contributed by atoms with Crippen molar-refractivity contribution < 1.29 is 32.2 Å². The van der Waals surface area contributed by atoms with Crippen molar-refractivity contribution in [1.82, 2.24) is 15.3 Å². The van der Waals surface area contributed by atoms with E-state index in [1.54, 1.807) is 33.8 Å².